The third kappa shape index (κ3) is 3.77. The van der Waals surface area contributed by atoms with E-state index in [-0.39, 0.29) is 11.8 Å². The number of aryl methyl sites for hydroxylation is 1. The minimum absolute atomic E-state index is 0.0872. The first-order chi connectivity index (χ1) is 12.6. The molecule has 1 N–H and O–H groups in total. The first kappa shape index (κ1) is 18.1. The van der Waals surface area contributed by atoms with Gasteiger partial charge in [-0.1, -0.05) is 43.7 Å². The average molecular weight is 350 g/mol. The van der Waals surface area contributed by atoms with Crippen LogP contribution in [0, 0.1) is 12.8 Å². The lowest BCUT2D eigenvalue weighted by atomic mass is 10.0. The maximum Gasteiger partial charge on any atom is 0.223 e. The Morgan fingerprint density at radius 3 is 2.58 bits per heavy atom. The molecule has 5 heteroatoms. The monoisotopic (exact) mass is 350 g/mol. The van der Waals surface area contributed by atoms with Crippen LogP contribution in [0.5, 0.6) is 0 Å². The Hall–Kier alpha value is -2.69. The Morgan fingerprint density at radius 1 is 1.15 bits per heavy atom. The molecule has 0 bridgehead atoms. The standard InChI is InChI=1S/C21H26N4O/c1-4-16(5-2)21(26)23-13-14-25-19(17-10-8-15(3)9-11-17)24-18-7-6-12-22-20(18)25/h6-12,16H,4-5,13-14H2,1-3H3,(H,23,26). The van der Waals surface area contributed by atoms with Crippen LogP contribution in [-0.2, 0) is 11.3 Å². The summed E-state index contributed by atoms with van der Waals surface area (Å²) in [5, 5.41) is 3.06. The van der Waals surface area contributed by atoms with Gasteiger partial charge in [0, 0.05) is 30.8 Å². The fourth-order valence-electron chi connectivity index (χ4n) is 3.19. The quantitative estimate of drug-likeness (QED) is 0.702. The largest absolute Gasteiger partial charge is 0.354 e. The van der Waals surface area contributed by atoms with Crippen molar-refractivity contribution in [2.45, 2.75) is 40.2 Å². The van der Waals surface area contributed by atoms with Crippen LogP contribution in [0.25, 0.3) is 22.6 Å². The second-order valence-corrected chi connectivity index (χ2v) is 6.60. The van der Waals surface area contributed by atoms with Crippen LogP contribution < -0.4 is 5.32 Å². The fourth-order valence-corrected chi connectivity index (χ4v) is 3.19. The number of aromatic nitrogens is 3. The van der Waals surface area contributed by atoms with E-state index < -0.39 is 0 Å². The minimum Gasteiger partial charge on any atom is -0.354 e. The Bertz CT molecular complexity index is 879. The number of nitrogens with one attached hydrogen (secondary N) is 1. The molecule has 0 aliphatic heterocycles. The highest BCUT2D eigenvalue weighted by molar-refractivity contribution is 5.79. The summed E-state index contributed by atoms with van der Waals surface area (Å²) < 4.78 is 2.09. The van der Waals surface area contributed by atoms with Crippen LogP contribution in [0.2, 0.25) is 0 Å². The predicted octanol–water partition coefficient (Wildman–Crippen LogP) is 3.96. The van der Waals surface area contributed by atoms with Gasteiger partial charge < -0.3 is 9.88 Å². The van der Waals surface area contributed by atoms with Gasteiger partial charge in [-0.2, -0.15) is 0 Å². The summed E-state index contributed by atoms with van der Waals surface area (Å²) in [5.74, 6) is 1.10. The molecule has 0 unspecified atom stereocenters. The molecule has 2 heterocycles. The van der Waals surface area contributed by atoms with Crippen molar-refractivity contribution in [2.75, 3.05) is 6.54 Å². The normalized spacial score (nSPS) is 11.2. The van der Waals surface area contributed by atoms with E-state index in [2.05, 4.69) is 59.9 Å². The van der Waals surface area contributed by atoms with Crippen molar-refractivity contribution in [3.8, 4) is 11.4 Å². The SMILES string of the molecule is CCC(CC)C(=O)NCCn1c(-c2ccc(C)cc2)nc2cccnc21. The minimum atomic E-state index is 0.0872. The van der Waals surface area contributed by atoms with Crippen LogP contribution in [0.4, 0.5) is 0 Å². The van der Waals surface area contributed by atoms with Crippen molar-refractivity contribution in [3.63, 3.8) is 0 Å². The first-order valence-corrected chi connectivity index (χ1v) is 9.30. The molecule has 26 heavy (non-hydrogen) atoms. The number of pyridine rings is 1. The molecule has 0 spiro atoms. The number of hydrogen-bond donors (Lipinski definition) is 1. The number of hydrogen-bond acceptors (Lipinski definition) is 3. The van der Waals surface area contributed by atoms with E-state index in [0.29, 0.717) is 13.1 Å². The molecule has 0 saturated carbocycles. The van der Waals surface area contributed by atoms with Crippen molar-refractivity contribution in [1.29, 1.82) is 0 Å². The maximum atomic E-state index is 12.2. The van der Waals surface area contributed by atoms with Gasteiger partial charge in [0.25, 0.3) is 0 Å². The highest BCUT2D eigenvalue weighted by Gasteiger charge is 2.16. The Kier molecular flexibility index (Phi) is 5.66. The summed E-state index contributed by atoms with van der Waals surface area (Å²) in [7, 11) is 0. The molecule has 3 aromatic rings. The number of fused-ring (bicyclic) bond motifs is 1. The number of rotatable bonds is 7. The van der Waals surface area contributed by atoms with Crippen molar-refractivity contribution < 1.29 is 4.79 Å². The number of benzene rings is 1. The lowest BCUT2D eigenvalue weighted by Crippen LogP contribution is -2.32. The third-order valence-corrected chi connectivity index (χ3v) is 4.80. The van der Waals surface area contributed by atoms with Gasteiger partial charge in [0.2, 0.25) is 5.91 Å². The summed E-state index contributed by atoms with van der Waals surface area (Å²) in [6.45, 7) is 7.38. The van der Waals surface area contributed by atoms with Crippen LogP contribution in [-0.4, -0.2) is 27.0 Å². The summed E-state index contributed by atoms with van der Waals surface area (Å²) >= 11 is 0. The van der Waals surface area contributed by atoms with Crippen molar-refractivity contribution in [2.24, 2.45) is 5.92 Å². The van der Waals surface area contributed by atoms with E-state index in [9.17, 15) is 4.79 Å². The van der Waals surface area contributed by atoms with Crippen LogP contribution in [0.15, 0.2) is 42.6 Å². The molecule has 136 valence electrons. The second-order valence-electron chi connectivity index (χ2n) is 6.60. The van der Waals surface area contributed by atoms with Crippen molar-refractivity contribution >= 4 is 17.1 Å². The summed E-state index contributed by atoms with van der Waals surface area (Å²) in [6.07, 6.45) is 3.52. The molecule has 3 rings (SSSR count). The molecule has 0 saturated heterocycles. The maximum absolute atomic E-state index is 12.2. The molecule has 5 nitrogen and oxygen atoms in total. The van der Waals surface area contributed by atoms with Gasteiger partial charge in [0.1, 0.15) is 11.3 Å². The molecule has 0 aliphatic rings. The number of amides is 1. The molecule has 0 aliphatic carbocycles. The van der Waals surface area contributed by atoms with Crippen LogP contribution >= 0.6 is 0 Å². The van der Waals surface area contributed by atoms with Gasteiger partial charge >= 0.3 is 0 Å². The molecular weight excluding hydrogens is 324 g/mol. The van der Waals surface area contributed by atoms with E-state index in [1.54, 1.807) is 6.20 Å². The zero-order chi connectivity index (χ0) is 18.5. The molecule has 1 amide bonds. The van der Waals surface area contributed by atoms with Crippen molar-refractivity contribution in [3.05, 3.63) is 48.2 Å². The third-order valence-electron chi connectivity index (χ3n) is 4.80. The Morgan fingerprint density at radius 2 is 1.88 bits per heavy atom. The van der Waals surface area contributed by atoms with E-state index >= 15 is 0 Å². The van der Waals surface area contributed by atoms with Gasteiger partial charge in [-0.05, 0) is 31.9 Å². The highest BCUT2D eigenvalue weighted by atomic mass is 16.1. The lowest BCUT2D eigenvalue weighted by Gasteiger charge is -2.14. The van der Waals surface area contributed by atoms with Crippen molar-refractivity contribution in [1.82, 2.24) is 19.9 Å². The number of carbonyl (C=O) groups excluding carboxylic acids is 1. The Balaban J connectivity index is 1.85. The summed E-state index contributed by atoms with van der Waals surface area (Å²) in [6, 6.07) is 12.2. The van der Waals surface area contributed by atoms with Gasteiger partial charge in [0.15, 0.2) is 5.65 Å². The van der Waals surface area contributed by atoms with Gasteiger partial charge in [-0.15, -0.1) is 0 Å². The molecule has 0 fully saturated rings. The van der Waals surface area contributed by atoms with E-state index in [1.165, 1.54) is 5.56 Å². The van der Waals surface area contributed by atoms with E-state index in [4.69, 9.17) is 4.98 Å². The summed E-state index contributed by atoms with van der Waals surface area (Å²) in [5.41, 5.74) is 3.99. The highest BCUT2D eigenvalue weighted by Crippen LogP contribution is 2.23. The predicted molar refractivity (Wildman–Crippen MR) is 105 cm³/mol. The fraction of sp³-hybridized carbons (Fsp3) is 0.381. The van der Waals surface area contributed by atoms with Gasteiger partial charge in [-0.3, -0.25) is 4.79 Å². The van der Waals surface area contributed by atoms with Crippen LogP contribution in [0.1, 0.15) is 32.3 Å². The summed E-state index contributed by atoms with van der Waals surface area (Å²) in [4.78, 5) is 21.5. The van der Waals surface area contributed by atoms with E-state index in [0.717, 1.165) is 35.4 Å². The first-order valence-electron chi connectivity index (χ1n) is 9.30. The lowest BCUT2D eigenvalue weighted by molar-refractivity contribution is -0.125. The molecule has 1 aromatic carbocycles. The topological polar surface area (TPSA) is 59.8 Å². The number of nitrogens with zero attached hydrogens (tertiary/aromatic N) is 3. The average Bonchev–Trinajstić information content (AvgIpc) is 3.02. The number of imidazole rings is 1. The molecular formula is C21H26N4O. The molecule has 0 radical (unpaired) electrons. The zero-order valence-corrected chi connectivity index (χ0v) is 15.7. The van der Waals surface area contributed by atoms with Gasteiger partial charge in [0.05, 0.1) is 0 Å². The van der Waals surface area contributed by atoms with Gasteiger partial charge in [-0.25, -0.2) is 9.97 Å². The smallest absolute Gasteiger partial charge is 0.223 e. The number of carbonyl (C=O) groups is 1. The van der Waals surface area contributed by atoms with E-state index in [1.807, 2.05) is 12.1 Å². The molecule has 0 atom stereocenters. The molecule has 2 aromatic heterocycles. The Labute approximate surface area is 154 Å². The zero-order valence-electron chi connectivity index (χ0n) is 15.7. The van der Waals surface area contributed by atoms with Crippen LogP contribution in [0.3, 0.4) is 0 Å². The second kappa shape index (κ2) is 8.13.